The SMILES string of the molecule is Cc1cnc2c(c1)c(=O)n(C1CCC(NC(=O)C3=CN4C=C(F)C=CC4N3)CC1)c(=O)n2C1CCN(C)CC1. The Hall–Kier alpha value is -3.73. The van der Waals surface area contributed by atoms with Crippen molar-refractivity contribution in [1.29, 1.82) is 0 Å². The summed E-state index contributed by atoms with van der Waals surface area (Å²) in [5, 5.41) is 6.64. The quantitative estimate of drug-likeness (QED) is 0.619. The summed E-state index contributed by atoms with van der Waals surface area (Å²) in [5.74, 6) is -0.613. The summed E-state index contributed by atoms with van der Waals surface area (Å²) in [4.78, 5) is 48.8. The number of hydrogen-bond donors (Lipinski definition) is 2. The summed E-state index contributed by atoms with van der Waals surface area (Å²) in [5.41, 5.74) is 1.17. The summed E-state index contributed by atoms with van der Waals surface area (Å²) < 4.78 is 16.7. The van der Waals surface area contributed by atoms with Gasteiger partial charge in [0.15, 0.2) is 0 Å². The number of nitrogens with zero attached hydrogens (tertiary/aromatic N) is 5. The molecule has 39 heavy (non-hydrogen) atoms. The normalized spacial score (nSPS) is 25.7. The Morgan fingerprint density at radius 3 is 2.51 bits per heavy atom. The van der Waals surface area contributed by atoms with Gasteiger partial charge in [-0.05, 0) is 89.4 Å². The molecule has 0 bridgehead atoms. The van der Waals surface area contributed by atoms with E-state index in [1.165, 1.54) is 16.8 Å². The highest BCUT2D eigenvalue weighted by Crippen LogP contribution is 2.29. The molecule has 206 valence electrons. The van der Waals surface area contributed by atoms with Crippen LogP contribution in [0.4, 0.5) is 4.39 Å². The summed E-state index contributed by atoms with van der Waals surface area (Å²) in [6.07, 6.45) is 11.6. The van der Waals surface area contributed by atoms with E-state index in [0.717, 1.165) is 31.5 Å². The first-order valence-corrected chi connectivity index (χ1v) is 13.7. The molecule has 5 heterocycles. The van der Waals surface area contributed by atoms with E-state index in [2.05, 4.69) is 27.6 Å². The third kappa shape index (κ3) is 4.80. The van der Waals surface area contributed by atoms with E-state index in [4.69, 9.17) is 0 Å². The first-order chi connectivity index (χ1) is 18.8. The molecular weight excluding hydrogens is 501 g/mol. The molecule has 1 unspecified atom stereocenters. The zero-order chi connectivity index (χ0) is 27.3. The Balaban J connectivity index is 1.21. The van der Waals surface area contributed by atoms with Crippen LogP contribution in [0.1, 0.15) is 56.2 Å². The molecule has 2 aromatic rings. The van der Waals surface area contributed by atoms with Crippen LogP contribution in [0.3, 0.4) is 0 Å². The van der Waals surface area contributed by atoms with Crippen LogP contribution in [0.2, 0.25) is 0 Å². The first kappa shape index (κ1) is 25.5. The lowest BCUT2D eigenvalue weighted by Crippen LogP contribution is -2.47. The molecule has 1 amide bonds. The highest BCUT2D eigenvalue weighted by atomic mass is 19.1. The number of carbonyl (C=O) groups excluding carboxylic acids is 1. The number of nitrogens with one attached hydrogen (secondary N) is 2. The Morgan fingerprint density at radius 2 is 1.77 bits per heavy atom. The number of halogens is 1. The lowest BCUT2D eigenvalue weighted by atomic mass is 9.90. The topological polar surface area (TPSA) is 105 Å². The van der Waals surface area contributed by atoms with Crippen molar-refractivity contribution in [2.45, 2.75) is 69.7 Å². The molecule has 2 N–H and O–H groups in total. The smallest absolute Gasteiger partial charge is 0.333 e. The number of carbonyl (C=O) groups is 1. The molecule has 1 saturated carbocycles. The number of fused-ring (bicyclic) bond motifs is 2. The van der Waals surface area contributed by atoms with Crippen molar-refractivity contribution in [3.8, 4) is 0 Å². The molecule has 10 nitrogen and oxygen atoms in total. The second-order valence-corrected chi connectivity index (χ2v) is 11.2. The van der Waals surface area contributed by atoms with Crippen molar-refractivity contribution in [1.82, 2.24) is 34.6 Å². The van der Waals surface area contributed by atoms with Gasteiger partial charge in [0.2, 0.25) is 0 Å². The Morgan fingerprint density at radius 1 is 1.05 bits per heavy atom. The third-order valence-corrected chi connectivity index (χ3v) is 8.40. The molecule has 1 saturated heterocycles. The maximum Gasteiger partial charge on any atom is 0.333 e. The molecule has 6 rings (SSSR count). The minimum atomic E-state index is -0.367. The van der Waals surface area contributed by atoms with Crippen LogP contribution in [0.25, 0.3) is 11.0 Å². The average molecular weight is 536 g/mol. The van der Waals surface area contributed by atoms with Gasteiger partial charge in [-0.1, -0.05) is 0 Å². The summed E-state index contributed by atoms with van der Waals surface area (Å²) in [7, 11) is 2.08. The molecular formula is C28H34FN7O3. The predicted molar refractivity (Wildman–Crippen MR) is 145 cm³/mol. The number of amides is 1. The highest BCUT2D eigenvalue weighted by Gasteiger charge is 2.32. The van der Waals surface area contributed by atoms with Crippen molar-refractivity contribution >= 4 is 16.9 Å². The van der Waals surface area contributed by atoms with Gasteiger partial charge in [-0.3, -0.25) is 18.7 Å². The van der Waals surface area contributed by atoms with Gasteiger partial charge in [-0.25, -0.2) is 14.2 Å². The van der Waals surface area contributed by atoms with Gasteiger partial charge in [0.05, 0.1) is 5.39 Å². The van der Waals surface area contributed by atoms with Crippen LogP contribution < -0.4 is 21.9 Å². The van der Waals surface area contributed by atoms with E-state index in [9.17, 15) is 18.8 Å². The standard InChI is InChI=1S/C28H34FN7O3/c1-17-13-22-25(30-14-17)35(21-9-11-33(2)12-10-21)28(39)36(27(22)38)20-6-4-19(5-7-20)31-26(37)23-16-34-15-18(29)3-8-24(34)32-23/h3,8,13-16,19-21,24,32H,4-7,9-12H2,1-2H3,(H,31,37). The first-order valence-electron chi connectivity index (χ1n) is 13.7. The predicted octanol–water partition coefficient (Wildman–Crippen LogP) is 2.19. The number of pyridine rings is 1. The molecule has 1 atom stereocenters. The zero-order valence-corrected chi connectivity index (χ0v) is 22.3. The van der Waals surface area contributed by atoms with E-state index in [-0.39, 0.29) is 47.3 Å². The molecule has 1 aliphatic carbocycles. The van der Waals surface area contributed by atoms with Gasteiger partial charge in [0.25, 0.3) is 11.5 Å². The molecule has 2 fully saturated rings. The zero-order valence-electron chi connectivity index (χ0n) is 22.3. The Bertz CT molecular complexity index is 1510. The van der Waals surface area contributed by atoms with Crippen LogP contribution in [-0.4, -0.2) is 62.2 Å². The van der Waals surface area contributed by atoms with Crippen molar-refractivity contribution in [3.05, 3.63) is 74.7 Å². The maximum absolute atomic E-state index is 13.9. The summed E-state index contributed by atoms with van der Waals surface area (Å²) in [6.45, 7) is 3.68. The van der Waals surface area contributed by atoms with Crippen LogP contribution in [-0.2, 0) is 4.79 Å². The van der Waals surface area contributed by atoms with Crippen molar-refractivity contribution in [2.75, 3.05) is 20.1 Å². The van der Waals surface area contributed by atoms with E-state index in [0.29, 0.717) is 42.4 Å². The number of piperidine rings is 1. The molecule has 3 aliphatic heterocycles. The molecule has 0 aromatic carbocycles. The van der Waals surface area contributed by atoms with Gasteiger partial charge in [-0.2, -0.15) is 0 Å². The number of hydrogen-bond acceptors (Lipinski definition) is 7. The van der Waals surface area contributed by atoms with E-state index in [1.807, 2.05) is 13.0 Å². The van der Waals surface area contributed by atoms with Gasteiger partial charge in [-0.15, -0.1) is 0 Å². The molecule has 11 heteroatoms. The molecule has 2 aromatic heterocycles. The Kier molecular flexibility index (Phi) is 6.62. The van der Waals surface area contributed by atoms with E-state index < -0.39 is 0 Å². The van der Waals surface area contributed by atoms with Crippen molar-refractivity contribution < 1.29 is 9.18 Å². The fraction of sp³-hybridized carbons (Fsp3) is 0.500. The lowest BCUT2D eigenvalue weighted by Gasteiger charge is -2.33. The summed E-state index contributed by atoms with van der Waals surface area (Å²) >= 11 is 0. The van der Waals surface area contributed by atoms with Crippen LogP contribution >= 0.6 is 0 Å². The van der Waals surface area contributed by atoms with Gasteiger partial charge in [0.1, 0.15) is 23.3 Å². The Labute approximate surface area is 225 Å². The summed E-state index contributed by atoms with van der Waals surface area (Å²) in [6, 6.07) is 1.52. The fourth-order valence-corrected chi connectivity index (χ4v) is 6.24. The monoisotopic (exact) mass is 535 g/mol. The number of aromatic nitrogens is 3. The third-order valence-electron chi connectivity index (χ3n) is 8.40. The number of aryl methyl sites for hydroxylation is 1. The largest absolute Gasteiger partial charge is 0.356 e. The number of rotatable bonds is 4. The van der Waals surface area contributed by atoms with Gasteiger partial charge in [0, 0.05) is 36.7 Å². The van der Waals surface area contributed by atoms with Crippen LogP contribution in [0.15, 0.2) is 57.9 Å². The van der Waals surface area contributed by atoms with Crippen molar-refractivity contribution in [2.24, 2.45) is 0 Å². The lowest BCUT2D eigenvalue weighted by molar-refractivity contribution is -0.118. The van der Waals surface area contributed by atoms with E-state index >= 15 is 0 Å². The second-order valence-electron chi connectivity index (χ2n) is 11.2. The van der Waals surface area contributed by atoms with Gasteiger partial charge >= 0.3 is 5.69 Å². The van der Waals surface area contributed by atoms with Crippen LogP contribution in [0, 0.1) is 6.92 Å². The molecule has 0 radical (unpaired) electrons. The second kappa shape index (κ2) is 10.1. The maximum atomic E-state index is 13.9. The van der Waals surface area contributed by atoms with E-state index in [1.54, 1.807) is 27.9 Å². The minimum absolute atomic E-state index is 0.00123. The van der Waals surface area contributed by atoms with Crippen LogP contribution in [0.5, 0.6) is 0 Å². The highest BCUT2D eigenvalue weighted by molar-refractivity contribution is 5.93. The number of allylic oxidation sites excluding steroid dienone is 2. The van der Waals surface area contributed by atoms with Gasteiger partial charge < -0.3 is 20.4 Å². The fourth-order valence-electron chi connectivity index (χ4n) is 6.24. The number of likely N-dealkylation sites (tertiary alicyclic amines) is 1. The molecule has 4 aliphatic rings. The average Bonchev–Trinajstić information content (AvgIpc) is 3.35. The van der Waals surface area contributed by atoms with Crippen molar-refractivity contribution in [3.63, 3.8) is 0 Å². The molecule has 0 spiro atoms. The minimum Gasteiger partial charge on any atom is -0.356 e.